The third kappa shape index (κ3) is 2.11. The average Bonchev–Trinajstić information content (AvgIpc) is 2.84. The number of aromatic nitrogens is 2. The van der Waals surface area contributed by atoms with Crippen molar-refractivity contribution >= 4 is 27.3 Å². The van der Waals surface area contributed by atoms with E-state index in [1.54, 1.807) is 6.26 Å². The van der Waals surface area contributed by atoms with Gasteiger partial charge in [-0.3, -0.25) is 0 Å². The van der Waals surface area contributed by atoms with Gasteiger partial charge in [-0.15, -0.1) is 10.2 Å². The largest absolute Gasteiger partial charge is 0.457 e. The molecule has 1 atom stereocenters. The number of nitrogens with zero attached hydrogens (tertiary/aromatic N) is 2. The van der Waals surface area contributed by atoms with E-state index in [0.717, 1.165) is 22.0 Å². The zero-order valence-electron chi connectivity index (χ0n) is 8.11. The van der Waals surface area contributed by atoms with Crippen LogP contribution in [0.5, 0.6) is 0 Å². The summed E-state index contributed by atoms with van der Waals surface area (Å²) < 4.78 is 5.82. The third-order valence-corrected chi connectivity index (χ3v) is 3.75. The van der Waals surface area contributed by atoms with Crippen LogP contribution in [0.3, 0.4) is 0 Å². The van der Waals surface area contributed by atoms with Crippen LogP contribution in [0.4, 0.5) is 0 Å². The number of nitrogens with two attached hydrogens (primary N) is 1. The molecule has 0 radical (unpaired) electrons. The first-order valence-electron chi connectivity index (χ1n) is 4.54. The molecule has 0 saturated carbocycles. The Labute approximate surface area is 99.6 Å². The van der Waals surface area contributed by atoms with Gasteiger partial charge in [-0.05, 0) is 28.4 Å². The lowest BCUT2D eigenvalue weighted by atomic mass is 10.3. The second-order valence-electron chi connectivity index (χ2n) is 3.07. The molecule has 2 rings (SSSR count). The Morgan fingerprint density at radius 3 is 3.00 bits per heavy atom. The molecule has 0 bridgehead atoms. The van der Waals surface area contributed by atoms with Gasteiger partial charge in [0.1, 0.15) is 5.01 Å². The highest BCUT2D eigenvalue weighted by molar-refractivity contribution is 9.10. The number of furan rings is 1. The predicted molar refractivity (Wildman–Crippen MR) is 62.5 cm³/mol. The Morgan fingerprint density at radius 1 is 1.60 bits per heavy atom. The lowest BCUT2D eigenvalue weighted by Gasteiger charge is -2.00. The van der Waals surface area contributed by atoms with Crippen molar-refractivity contribution in [3.05, 3.63) is 22.0 Å². The minimum atomic E-state index is -0.0260. The fourth-order valence-corrected chi connectivity index (χ4v) is 2.62. The van der Waals surface area contributed by atoms with E-state index in [2.05, 4.69) is 26.1 Å². The fourth-order valence-electron chi connectivity index (χ4n) is 1.11. The van der Waals surface area contributed by atoms with Crippen molar-refractivity contribution in [2.75, 3.05) is 0 Å². The van der Waals surface area contributed by atoms with Gasteiger partial charge < -0.3 is 10.2 Å². The molecular weight excluding hydrogens is 278 g/mol. The van der Waals surface area contributed by atoms with Gasteiger partial charge in [0.2, 0.25) is 0 Å². The lowest BCUT2D eigenvalue weighted by Crippen LogP contribution is -2.07. The molecule has 0 spiro atoms. The van der Waals surface area contributed by atoms with Crippen molar-refractivity contribution in [3.8, 4) is 10.6 Å². The molecule has 0 fully saturated rings. The maximum Gasteiger partial charge on any atom is 0.179 e. The van der Waals surface area contributed by atoms with Gasteiger partial charge >= 0.3 is 0 Å². The molecule has 0 amide bonds. The van der Waals surface area contributed by atoms with Crippen LogP contribution < -0.4 is 5.73 Å². The fraction of sp³-hybridized carbons (Fsp3) is 0.333. The zero-order chi connectivity index (χ0) is 10.8. The Kier molecular flexibility index (Phi) is 3.18. The molecule has 1 unspecified atom stereocenters. The molecule has 6 heteroatoms. The molecule has 0 saturated heterocycles. The molecule has 0 aliphatic rings. The minimum Gasteiger partial charge on any atom is -0.457 e. The summed E-state index contributed by atoms with van der Waals surface area (Å²) >= 11 is 4.81. The molecule has 2 aromatic heterocycles. The molecule has 2 N–H and O–H groups in total. The van der Waals surface area contributed by atoms with Crippen molar-refractivity contribution < 1.29 is 4.42 Å². The predicted octanol–water partition coefficient (Wildman–Crippen LogP) is 2.97. The first-order chi connectivity index (χ1) is 7.22. The van der Waals surface area contributed by atoms with Crippen molar-refractivity contribution in [1.29, 1.82) is 0 Å². The van der Waals surface area contributed by atoms with Crippen LogP contribution in [-0.4, -0.2) is 10.2 Å². The monoisotopic (exact) mass is 287 g/mol. The standard InChI is InChI=1S/C9H10BrN3OS/c1-2-6(11)9-13-12-8(15-9)5-3-4-14-7(5)10/h3-4,6H,2,11H2,1H3. The maximum atomic E-state index is 5.87. The van der Waals surface area contributed by atoms with E-state index in [0.29, 0.717) is 4.67 Å². The molecule has 2 heterocycles. The summed E-state index contributed by atoms with van der Waals surface area (Å²) in [5.41, 5.74) is 6.79. The average molecular weight is 288 g/mol. The Hall–Kier alpha value is -0.720. The first kappa shape index (κ1) is 10.8. The van der Waals surface area contributed by atoms with Crippen molar-refractivity contribution in [2.24, 2.45) is 5.73 Å². The van der Waals surface area contributed by atoms with Gasteiger partial charge in [0, 0.05) is 0 Å². The highest BCUT2D eigenvalue weighted by Crippen LogP contribution is 2.32. The molecule has 0 aliphatic heterocycles. The van der Waals surface area contributed by atoms with Gasteiger partial charge in [-0.25, -0.2) is 0 Å². The highest BCUT2D eigenvalue weighted by atomic mass is 79.9. The summed E-state index contributed by atoms with van der Waals surface area (Å²) in [6, 6.07) is 1.83. The third-order valence-electron chi connectivity index (χ3n) is 2.05. The molecule has 80 valence electrons. The summed E-state index contributed by atoms with van der Waals surface area (Å²) in [5, 5.41) is 9.84. The van der Waals surface area contributed by atoms with Crippen LogP contribution in [0.1, 0.15) is 24.4 Å². The van der Waals surface area contributed by atoms with Crippen molar-refractivity contribution in [1.82, 2.24) is 10.2 Å². The van der Waals surface area contributed by atoms with Crippen LogP contribution >= 0.6 is 27.3 Å². The van der Waals surface area contributed by atoms with E-state index in [4.69, 9.17) is 10.2 Å². The summed E-state index contributed by atoms with van der Waals surface area (Å²) in [7, 11) is 0. The molecule has 15 heavy (non-hydrogen) atoms. The van der Waals surface area contributed by atoms with Crippen LogP contribution in [0.15, 0.2) is 21.4 Å². The van der Waals surface area contributed by atoms with Crippen molar-refractivity contribution in [2.45, 2.75) is 19.4 Å². The smallest absolute Gasteiger partial charge is 0.179 e. The molecule has 2 aromatic rings. The second-order valence-corrected chi connectivity index (χ2v) is 4.80. The summed E-state index contributed by atoms with van der Waals surface area (Å²) in [5.74, 6) is 0. The van der Waals surface area contributed by atoms with Crippen LogP contribution in [0.25, 0.3) is 10.6 Å². The van der Waals surface area contributed by atoms with Crippen LogP contribution in [-0.2, 0) is 0 Å². The normalized spacial score (nSPS) is 13.0. The van der Waals surface area contributed by atoms with Gasteiger partial charge in [0.15, 0.2) is 9.68 Å². The van der Waals surface area contributed by atoms with Gasteiger partial charge in [-0.2, -0.15) is 0 Å². The molecule has 0 aliphatic carbocycles. The van der Waals surface area contributed by atoms with E-state index in [1.165, 1.54) is 11.3 Å². The first-order valence-corrected chi connectivity index (χ1v) is 6.15. The Balaban J connectivity index is 2.32. The van der Waals surface area contributed by atoms with E-state index in [-0.39, 0.29) is 6.04 Å². The Morgan fingerprint density at radius 2 is 2.40 bits per heavy atom. The second kappa shape index (κ2) is 4.42. The van der Waals surface area contributed by atoms with E-state index in [1.807, 2.05) is 13.0 Å². The topological polar surface area (TPSA) is 64.9 Å². The van der Waals surface area contributed by atoms with E-state index >= 15 is 0 Å². The van der Waals surface area contributed by atoms with Gasteiger partial charge in [-0.1, -0.05) is 18.3 Å². The summed E-state index contributed by atoms with van der Waals surface area (Å²) in [4.78, 5) is 0. The number of rotatable bonds is 3. The lowest BCUT2D eigenvalue weighted by molar-refractivity contribution is 0.542. The van der Waals surface area contributed by atoms with Crippen molar-refractivity contribution in [3.63, 3.8) is 0 Å². The van der Waals surface area contributed by atoms with E-state index in [9.17, 15) is 0 Å². The molecule has 4 nitrogen and oxygen atoms in total. The Bertz CT molecular complexity index is 454. The van der Waals surface area contributed by atoms with Gasteiger partial charge in [0.05, 0.1) is 17.9 Å². The number of halogens is 1. The van der Waals surface area contributed by atoms with E-state index < -0.39 is 0 Å². The quantitative estimate of drug-likeness (QED) is 0.943. The maximum absolute atomic E-state index is 5.87. The SMILES string of the molecule is CCC(N)c1nnc(-c2ccoc2Br)s1. The minimum absolute atomic E-state index is 0.0260. The summed E-state index contributed by atoms with van der Waals surface area (Å²) in [6.45, 7) is 2.03. The zero-order valence-corrected chi connectivity index (χ0v) is 10.5. The summed E-state index contributed by atoms with van der Waals surface area (Å²) in [6.07, 6.45) is 2.47. The molecule has 0 aromatic carbocycles. The number of hydrogen-bond donors (Lipinski definition) is 1. The van der Waals surface area contributed by atoms with Gasteiger partial charge in [0.25, 0.3) is 0 Å². The van der Waals surface area contributed by atoms with Crippen LogP contribution in [0.2, 0.25) is 0 Å². The van der Waals surface area contributed by atoms with Crippen LogP contribution in [0, 0.1) is 0 Å². The highest BCUT2D eigenvalue weighted by Gasteiger charge is 2.14. The number of hydrogen-bond acceptors (Lipinski definition) is 5. The molecular formula is C9H10BrN3OS.